The molecule has 1 saturated heterocycles. The average Bonchev–Trinajstić information content (AvgIpc) is 2.56. The Hall–Kier alpha value is -1.62. The van der Waals surface area contributed by atoms with Crippen molar-refractivity contribution in [1.82, 2.24) is 4.98 Å². The van der Waals surface area contributed by atoms with Crippen LogP contribution in [0.2, 0.25) is 0 Å². The van der Waals surface area contributed by atoms with Gasteiger partial charge in [0.1, 0.15) is 5.82 Å². The maximum atomic E-state index is 12.2. The number of carbonyl (C=O) groups is 1. The molecule has 0 spiro atoms. The summed E-state index contributed by atoms with van der Waals surface area (Å²) in [6, 6.07) is 3.41. The molecule has 1 fully saturated rings. The Kier molecular flexibility index (Phi) is 3.52. The molecule has 3 N–H and O–H groups in total. The molecule has 0 bridgehead atoms. The summed E-state index contributed by atoms with van der Waals surface area (Å²) in [5, 5.41) is 2.86. The van der Waals surface area contributed by atoms with E-state index in [1.54, 1.807) is 18.3 Å². The molecule has 0 aromatic carbocycles. The number of ether oxygens (including phenoxy) is 1. The lowest BCUT2D eigenvalue weighted by Gasteiger charge is -2.17. The third-order valence-corrected chi connectivity index (χ3v) is 3.60. The summed E-state index contributed by atoms with van der Waals surface area (Å²) in [7, 11) is 0. The van der Waals surface area contributed by atoms with Crippen LogP contribution in [0.5, 0.6) is 0 Å². The molecule has 1 aliphatic rings. The Morgan fingerprint density at radius 3 is 2.56 bits per heavy atom. The van der Waals surface area contributed by atoms with Crippen LogP contribution in [0.15, 0.2) is 18.3 Å². The second kappa shape index (κ2) is 4.94. The third kappa shape index (κ3) is 2.46. The lowest BCUT2D eigenvalue weighted by atomic mass is 9.89. The molecule has 4 unspecified atom stereocenters. The van der Waals surface area contributed by atoms with Crippen LogP contribution in [0.3, 0.4) is 0 Å². The second-order valence-electron chi connectivity index (χ2n) is 4.89. The Morgan fingerprint density at radius 1 is 1.33 bits per heavy atom. The van der Waals surface area contributed by atoms with Gasteiger partial charge in [0, 0.05) is 0 Å². The van der Waals surface area contributed by atoms with E-state index in [1.807, 2.05) is 20.8 Å². The Morgan fingerprint density at radius 2 is 2.06 bits per heavy atom. The van der Waals surface area contributed by atoms with Crippen molar-refractivity contribution in [3.63, 3.8) is 0 Å². The quantitative estimate of drug-likeness (QED) is 0.835. The lowest BCUT2D eigenvalue weighted by molar-refractivity contribution is -0.121. The zero-order valence-electron chi connectivity index (χ0n) is 10.9. The number of anilines is 2. The first-order valence-corrected chi connectivity index (χ1v) is 6.17. The molecule has 2 rings (SSSR count). The van der Waals surface area contributed by atoms with Gasteiger partial charge in [-0.05, 0) is 31.9 Å². The molecule has 98 valence electrons. The molecule has 1 aliphatic heterocycles. The molecule has 1 aromatic rings. The van der Waals surface area contributed by atoms with Crippen molar-refractivity contribution < 1.29 is 9.53 Å². The highest BCUT2D eigenvalue weighted by molar-refractivity contribution is 5.93. The van der Waals surface area contributed by atoms with Gasteiger partial charge in [0.2, 0.25) is 5.91 Å². The number of rotatable bonds is 2. The van der Waals surface area contributed by atoms with Crippen molar-refractivity contribution in [2.45, 2.75) is 33.0 Å². The van der Waals surface area contributed by atoms with Crippen LogP contribution in [0.25, 0.3) is 0 Å². The second-order valence-corrected chi connectivity index (χ2v) is 4.89. The Balaban J connectivity index is 2.06. The SMILES string of the molecule is CC1OC(C)C(C(=O)Nc2ccc(N)nc2)C1C. The van der Waals surface area contributed by atoms with Crippen LogP contribution in [0, 0.1) is 11.8 Å². The van der Waals surface area contributed by atoms with Gasteiger partial charge in [-0.1, -0.05) is 6.92 Å². The lowest BCUT2D eigenvalue weighted by Crippen LogP contribution is -2.32. The van der Waals surface area contributed by atoms with Gasteiger partial charge < -0.3 is 15.8 Å². The first-order chi connectivity index (χ1) is 8.49. The van der Waals surface area contributed by atoms with Crippen molar-refractivity contribution in [2.24, 2.45) is 11.8 Å². The molecule has 4 atom stereocenters. The van der Waals surface area contributed by atoms with Crippen molar-refractivity contribution in [3.05, 3.63) is 18.3 Å². The standard InChI is InChI=1S/C13H19N3O2/c1-7-8(2)18-9(3)12(7)13(17)16-10-4-5-11(14)15-6-10/h4-9,12H,1-3H3,(H2,14,15)(H,16,17). The zero-order chi connectivity index (χ0) is 13.3. The van der Waals surface area contributed by atoms with Crippen LogP contribution in [-0.2, 0) is 9.53 Å². The van der Waals surface area contributed by atoms with Gasteiger partial charge in [0.15, 0.2) is 0 Å². The van der Waals surface area contributed by atoms with Crippen molar-refractivity contribution >= 4 is 17.4 Å². The Bertz CT molecular complexity index is 432. The molecule has 1 aromatic heterocycles. The molecule has 0 radical (unpaired) electrons. The summed E-state index contributed by atoms with van der Waals surface area (Å²) in [4.78, 5) is 16.2. The number of hydrogen-bond donors (Lipinski definition) is 2. The highest BCUT2D eigenvalue weighted by atomic mass is 16.5. The molecule has 1 amide bonds. The minimum absolute atomic E-state index is 0.0223. The molecule has 5 heteroatoms. The fourth-order valence-electron chi connectivity index (χ4n) is 2.42. The largest absolute Gasteiger partial charge is 0.384 e. The van der Waals surface area contributed by atoms with Crippen LogP contribution < -0.4 is 11.1 Å². The van der Waals surface area contributed by atoms with Gasteiger partial charge in [-0.2, -0.15) is 0 Å². The monoisotopic (exact) mass is 249 g/mol. The van der Waals surface area contributed by atoms with E-state index in [0.29, 0.717) is 11.5 Å². The van der Waals surface area contributed by atoms with E-state index in [1.165, 1.54) is 0 Å². The van der Waals surface area contributed by atoms with Crippen molar-refractivity contribution in [3.8, 4) is 0 Å². The number of nitrogens with one attached hydrogen (secondary N) is 1. The topological polar surface area (TPSA) is 77.2 Å². The number of hydrogen-bond acceptors (Lipinski definition) is 4. The molecular weight excluding hydrogens is 230 g/mol. The van der Waals surface area contributed by atoms with E-state index in [-0.39, 0.29) is 30.0 Å². The third-order valence-electron chi connectivity index (χ3n) is 3.60. The van der Waals surface area contributed by atoms with Crippen molar-refractivity contribution in [1.29, 1.82) is 0 Å². The summed E-state index contributed by atoms with van der Waals surface area (Å²) in [5.74, 6) is 0.498. The van der Waals surface area contributed by atoms with Gasteiger partial charge in [0.25, 0.3) is 0 Å². The van der Waals surface area contributed by atoms with E-state index in [9.17, 15) is 4.79 Å². The first kappa shape index (κ1) is 12.8. The number of pyridine rings is 1. The molecule has 5 nitrogen and oxygen atoms in total. The number of nitrogens with zero attached hydrogens (tertiary/aromatic N) is 1. The molecule has 2 heterocycles. The number of carbonyl (C=O) groups excluding carboxylic acids is 1. The molecule has 0 aliphatic carbocycles. The fraction of sp³-hybridized carbons (Fsp3) is 0.538. The van der Waals surface area contributed by atoms with E-state index >= 15 is 0 Å². The molecule has 0 saturated carbocycles. The zero-order valence-corrected chi connectivity index (χ0v) is 10.9. The molecular formula is C13H19N3O2. The summed E-state index contributed by atoms with van der Waals surface area (Å²) in [5.41, 5.74) is 6.16. The van der Waals surface area contributed by atoms with Gasteiger partial charge in [-0.3, -0.25) is 4.79 Å². The highest BCUT2D eigenvalue weighted by Gasteiger charge is 2.41. The van der Waals surface area contributed by atoms with E-state index in [4.69, 9.17) is 10.5 Å². The maximum absolute atomic E-state index is 12.2. The number of amides is 1. The minimum Gasteiger partial charge on any atom is -0.384 e. The van der Waals surface area contributed by atoms with Gasteiger partial charge in [-0.25, -0.2) is 4.98 Å². The van der Waals surface area contributed by atoms with Gasteiger partial charge in [0.05, 0.1) is 30.0 Å². The van der Waals surface area contributed by atoms with Gasteiger partial charge in [-0.15, -0.1) is 0 Å². The van der Waals surface area contributed by atoms with Crippen LogP contribution >= 0.6 is 0 Å². The van der Waals surface area contributed by atoms with E-state index in [2.05, 4.69) is 10.3 Å². The summed E-state index contributed by atoms with van der Waals surface area (Å²) in [6.45, 7) is 5.98. The Labute approximate surface area is 107 Å². The van der Waals surface area contributed by atoms with Gasteiger partial charge >= 0.3 is 0 Å². The summed E-state index contributed by atoms with van der Waals surface area (Å²) >= 11 is 0. The fourth-order valence-corrected chi connectivity index (χ4v) is 2.42. The van der Waals surface area contributed by atoms with Crippen LogP contribution in [0.4, 0.5) is 11.5 Å². The maximum Gasteiger partial charge on any atom is 0.230 e. The average molecular weight is 249 g/mol. The summed E-state index contributed by atoms with van der Waals surface area (Å²) in [6.07, 6.45) is 1.61. The molecule has 18 heavy (non-hydrogen) atoms. The van der Waals surface area contributed by atoms with Crippen molar-refractivity contribution in [2.75, 3.05) is 11.1 Å². The normalized spacial score (nSPS) is 31.3. The van der Waals surface area contributed by atoms with E-state index in [0.717, 1.165) is 0 Å². The van der Waals surface area contributed by atoms with Crippen LogP contribution in [-0.4, -0.2) is 23.1 Å². The highest BCUT2D eigenvalue weighted by Crippen LogP contribution is 2.32. The predicted octanol–water partition coefficient (Wildman–Crippen LogP) is 1.66. The number of aromatic nitrogens is 1. The number of nitrogen functional groups attached to an aromatic ring is 1. The first-order valence-electron chi connectivity index (χ1n) is 6.17. The summed E-state index contributed by atoms with van der Waals surface area (Å²) < 4.78 is 5.67. The van der Waals surface area contributed by atoms with Crippen LogP contribution in [0.1, 0.15) is 20.8 Å². The smallest absolute Gasteiger partial charge is 0.230 e. The minimum atomic E-state index is -0.127. The van der Waals surface area contributed by atoms with E-state index < -0.39 is 0 Å². The predicted molar refractivity (Wildman–Crippen MR) is 69.9 cm³/mol. The number of nitrogens with two attached hydrogens (primary N) is 1.